The summed E-state index contributed by atoms with van der Waals surface area (Å²) in [5, 5.41) is 3.50. The number of halogens is 3. The summed E-state index contributed by atoms with van der Waals surface area (Å²) in [6, 6.07) is 10.7. The van der Waals surface area contributed by atoms with E-state index in [0.717, 1.165) is 10.5 Å². The quantitative estimate of drug-likeness (QED) is 0.748. The van der Waals surface area contributed by atoms with Crippen molar-refractivity contribution < 1.29 is 18.0 Å². The van der Waals surface area contributed by atoms with Gasteiger partial charge in [-0.2, -0.15) is 24.5 Å². The van der Waals surface area contributed by atoms with Crippen molar-refractivity contribution in [2.75, 3.05) is 6.54 Å². The molecule has 0 aliphatic rings. The molecule has 2 nitrogen and oxygen atoms in total. The number of carbonyl (C=O) groups is 1. The van der Waals surface area contributed by atoms with Crippen molar-refractivity contribution in [1.82, 2.24) is 4.90 Å². The number of nitrogens with zero attached hydrogens (tertiary/aromatic N) is 1. The molecule has 1 heterocycles. The number of amides is 1. The zero-order valence-corrected chi connectivity index (χ0v) is 12.4. The van der Waals surface area contributed by atoms with E-state index in [4.69, 9.17) is 0 Å². The van der Waals surface area contributed by atoms with Crippen LogP contribution in [-0.4, -0.2) is 23.5 Å². The highest BCUT2D eigenvalue weighted by atomic mass is 32.1. The number of carbonyl (C=O) groups excluding carboxylic acids is 1. The van der Waals surface area contributed by atoms with Crippen LogP contribution in [0.1, 0.15) is 11.1 Å². The van der Waals surface area contributed by atoms with Gasteiger partial charge in [0.25, 0.3) is 0 Å². The monoisotopic (exact) mass is 325 g/mol. The zero-order chi connectivity index (χ0) is 16.0. The maximum atomic E-state index is 12.6. The lowest BCUT2D eigenvalue weighted by Crippen LogP contribution is -2.37. The lowest BCUT2D eigenvalue weighted by molar-refractivity contribution is -0.159. The van der Waals surface area contributed by atoms with Gasteiger partial charge < -0.3 is 4.90 Å². The molecule has 0 saturated heterocycles. The molecule has 0 radical (unpaired) electrons. The number of hydrogen-bond acceptors (Lipinski definition) is 2. The molecule has 2 aromatic rings. The van der Waals surface area contributed by atoms with E-state index in [2.05, 4.69) is 0 Å². The number of benzene rings is 1. The predicted molar refractivity (Wildman–Crippen MR) is 81.3 cm³/mol. The molecule has 0 unspecified atom stereocenters. The predicted octanol–water partition coefficient (Wildman–Crippen LogP) is 4.35. The summed E-state index contributed by atoms with van der Waals surface area (Å²) in [4.78, 5) is 12.9. The first-order valence-electron chi connectivity index (χ1n) is 6.54. The Kier molecular flexibility index (Phi) is 5.38. The van der Waals surface area contributed by atoms with Crippen molar-refractivity contribution >= 4 is 23.3 Å². The molecule has 6 heteroatoms. The van der Waals surface area contributed by atoms with Crippen molar-refractivity contribution in [2.24, 2.45) is 0 Å². The summed E-state index contributed by atoms with van der Waals surface area (Å²) in [6.07, 6.45) is -1.74. The number of hydrogen-bond donors (Lipinski definition) is 0. The highest BCUT2D eigenvalue weighted by molar-refractivity contribution is 7.07. The fraction of sp³-hybridized carbons (Fsp3) is 0.188. The average molecular weight is 325 g/mol. The van der Waals surface area contributed by atoms with E-state index < -0.39 is 18.6 Å². The SMILES string of the molecule is O=C(/C=C/c1ccccc1)N(Cc1ccsc1)CC(F)(F)F. The van der Waals surface area contributed by atoms with Gasteiger partial charge in [0.15, 0.2) is 0 Å². The van der Waals surface area contributed by atoms with Crippen LogP contribution in [0.4, 0.5) is 13.2 Å². The Hall–Kier alpha value is -2.08. The molecular formula is C16H14F3NOS. The fourth-order valence-corrected chi connectivity index (χ4v) is 2.53. The minimum atomic E-state index is -4.42. The fourth-order valence-electron chi connectivity index (χ4n) is 1.87. The van der Waals surface area contributed by atoms with Gasteiger partial charge in [0.1, 0.15) is 6.54 Å². The normalized spacial score (nSPS) is 11.8. The van der Waals surface area contributed by atoms with Gasteiger partial charge in [0, 0.05) is 12.6 Å². The van der Waals surface area contributed by atoms with Gasteiger partial charge >= 0.3 is 6.18 Å². The average Bonchev–Trinajstić information content (AvgIpc) is 2.97. The van der Waals surface area contributed by atoms with Gasteiger partial charge in [-0.05, 0) is 34.0 Å². The Morgan fingerprint density at radius 3 is 2.50 bits per heavy atom. The third kappa shape index (κ3) is 5.37. The van der Waals surface area contributed by atoms with Crippen molar-refractivity contribution in [3.63, 3.8) is 0 Å². The first-order valence-corrected chi connectivity index (χ1v) is 7.48. The van der Waals surface area contributed by atoms with Crippen LogP contribution in [0.3, 0.4) is 0 Å². The minimum absolute atomic E-state index is 0.0546. The van der Waals surface area contributed by atoms with Crippen molar-refractivity contribution in [2.45, 2.75) is 12.7 Å². The molecule has 0 aliphatic carbocycles. The Labute approximate surface area is 130 Å². The van der Waals surface area contributed by atoms with E-state index in [9.17, 15) is 18.0 Å². The Morgan fingerprint density at radius 2 is 1.91 bits per heavy atom. The summed E-state index contributed by atoms with van der Waals surface area (Å²) in [5.41, 5.74) is 1.45. The highest BCUT2D eigenvalue weighted by Gasteiger charge is 2.32. The summed E-state index contributed by atoms with van der Waals surface area (Å²) >= 11 is 1.38. The topological polar surface area (TPSA) is 20.3 Å². The molecule has 116 valence electrons. The van der Waals surface area contributed by atoms with Gasteiger partial charge in [0.05, 0.1) is 0 Å². The van der Waals surface area contributed by atoms with E-state index in [1.54, 1.807) is 41.1 Å². The number of rotatable bonds is 5. The van der Waals surface area contributed by atoms with E-state index in [0.29, 0.717) is 5.56 Å². The molecule has 0 fully saturated rings. The van der Waals surface area contributed by atoms with Crippen LogP contribution in [0.2, 0.25) is 0 Å². The van der Waals surface area contributed by atoms with E-state index in [1.807, 2.05) is 6.07 Å². The second kappa shape index (κ2) is 7.26. The summed E-state index contributed by atoms with van der Waals surface area (Å²) in [7, 11) is 0. The van der Waals surface area contributed by atoms with Crippen LogP contribution < -0.4 is 0 Å². The van der Waals surface area contributed by atoms with Crippen molar-refractivity contribution in [3.8, 4) is 0 Å². The maximum absolute atomic E-state index is 12.6. The van der Waals surface area contributed by atoms with Crippen LogP contribution in [-0.2, 0) is 11.3 Å². The summed E-state index contributed by atoms with van der Waals surface area (Å²) in [6.45, 7) is -1.32. The van der Waals surface area contributed by atoms with Crippen LogP contribution in [0, 0.1) is 0 Å². The summed E-state index contributed by atoms with van der Waals surface area (Å²) in [5.74, 6) is -0.660. The van der Waals surface area contributed by atoms with Gasteiger partial charge in [-0.1, -0.05) is 30.3 Å². The van der Waals surface area contributed by atoms with E-state index in [1.165, 1.54) is 23.5 Å². The first-order chi connectivity index (χ1) is 10.4. The van der Waals surface area contributed by atoms with Gasteiger partial charge in [0.2, 0.25) is 5.91 Å². The molecule has 2 rings (SSSR count). The second-order valence-corrected chi connectivity index (χ2v) is 5.47. The molecule has 22 heavy (non-hydrogen) atoms. The number of thiophene rings is 1. The van der Waals surface area contributed by atoms with Crippen LogP contribution in [0.5, 0.6) is 0 Å². The van der Waals surface area contributed by atoms with Gasteiger partial charge in [-0.25, -0.2) is 0 Å². The molecule has 0 saturated carbocycles. The third-order valence-electron chi connectivity index (χ3n) is 2.85. The van der Waals surface area contributed by atoms with Crippen molar-refractivity contribution in [3.05, 3.63) is 64.4 Å². The van der Waals surface area contributed by atoms with E-state index in [-0.39, 0.29) is 6.54 Å². The molecule has 0 aliphatic heterocycles. The van der Waals surface area contributed by atoms with Crippen LogP contribution in [0.25, 0.3) is 6.08 Å². The first kappa shape index (κ1) is 16.3. The minimum Gasteiger partial charge on any atom is -0.326 e. The smallest absolute Gasteiger partial charge is 0.326 e. The summed E-state index contributed by atoms with van der Waals surface area (Å²) < 4.78 is 37.9. The molecule has 0 N–H and O–H groups in total. The second-order valence-electron chi connectivity index (χ2n) is 4.69. The Balaban J connectivity index is 2.09. The maximum Gasteiger partial charge on any atom is 0.406 e. The lowest BCUT2D eigenvalue weighted by atomic mass is 10.2. The molecule has 1 aromatic carbocycles. The standard InChI is InChI=1S/C16H14F3NOS/c17-16(18,19)12-20(10-14-8-9-22-11-14)15(21)7-6-13-4-2-1-3-5-13/h1-9,11H,10,12H2/b7-6+. The van der Waals surface area contributed by atoms with Crippen LogP contribution >= 0.6 is 11.3 Å². The number of alkyl halides is 3. The molecular weight excluding hydrogens is 311 g/mol. The van der Waals surface area contributed by atoms with Crippen LogP contribution in [0.15, 0.2) is 53.2 Å². The Morgan fingerprint density at radius 1 is 1.18 bits per heavy atom. The van der Waals surface area contributed by atoms with Crippen molar-refractivity contribution in [1.29, 1.82) is 0 Å². The molecule has 0 spiro atoms. The van der Waals surface area contributed by atoms with Gasteiger partial charge in [-0.15, -0.1) is 0 Å². The molecule has 1 amide bonds. The largest absolute Gasteiger partial charge is 0.406 e. The van der Waals surface area contributed by atoms with Gasteiger partial charge in [-0.3, -0.25) is 4.79 Å². The lowest BCUT2D eigenvalue weighted by Gasteiger charge is -2.22. The third-order valence-corrected chi connectivity index (χ3v) is 3.59. The highest BCUT2D eigenvalue weighted by Crippen LogP contribution is 2.19. The molecule has 1 aromatic heterocycles. The molecule has 0 bridgehead atoms. The molecule has 0 atom stereocenters. The zero-order valence-electron chi connectivity index (χ0n) is 11.6. The van der Waals surface area contributed by atoms with E-state index >= 15 is 0 Å². The Bertz CT molecular complexity index is 621.